The van der Waals surface area contributed by atoms with Crippen molar-refractivity contribution in [3.63, 3.8) is 0 Å². The average Bonchev–Trinajstić information content (AvgIpc) is 3.05. The number of benzene rings is 2. The van der Waals surface area contributed by atoms with Gasteiger partial charge in [0, 0.05) is 12.6 Å². The fourth-order valence-electron chi connectivity index (χ4n) is 2.67. The molecule has 0 bridgehead atoms. The monoisotopic (exact) mass is 436 g/mol. The molecule has 0 saturated heterocycles. The van der Waals surface area contributed by atoms with Crippen LogP contribution in [0.4, 0.5) is 10.5 Å². The normalized spacial score (nSPS) is 11.7. The summed E-state index contributed by atoms with van der Waals surface area (Å²) in [6.45, 7) is 4.16. The van der Waals surface area contributed by atoms with Crippen molar-refractivity contribution in [2.75, 3.05) is 11.9 Å². The first-order chi connectivity index (χ1) is 13.8. The third-order valence-electron chi connectivity index (χ3n) is 3.92. The van der Waals surface area contributed by atoms with Crippen LogP contribution in [0.3, 0.4) is 0 Å². The zero-order valence-electron chi connectivity index (χ0n) is 15.9. The van der Waals surface area contributed by atoms with E-state index in [0.717, 1.165) is 0 Å². The second-order valence-electron chi connectivity index (χ2n) is 6.60. The summed E-state index contributed by atoms with van der Waals surface area (Å²) in [6.07, 6.45) is 0. The molecule has 0 spiro atoms. The third kappa shape index (κ3) is 5.22. The number of fused-ring (bicyclic) bond motifs is 1. The molecular weight excluding hydrogens is 416 g/mol. The van der Waals surface area contributed by atoms with Gasteiger partial charge >= 0.3 is 6.03 Å². The van der Waals surface area contributed by atoms with Crippen LogP contribution in [0.1, 0.15) is 13.8 Å². The van der Waals surface area contributed by atoms with E-state index in [1.165, 1.54) is 12.1 Å². The van der Waals surface area contributed by atoms with Gasteiger partial charge in [0.1, 0.15) is 5.52 Å². The summed E-state index contributed by atoms with van der Waals surface area (Å²) in [5, 5.41) is 13.9. The molecule has 0 atom stereocenters. The molecule has 1 heterocycles. The molecule has 154 valence electrons. The largest absolute Gasteiger partial charge is 0.336 e. The zero-order valence-corrected chi connectivity index (χ0v) is 17.5. The Balaban J connectivity index is 1.63. The zero-order chi connectivity index (χ0) is 21.0. The van der Waals surface area contributed by atoms with E-state index in [2.05, 4.69) is 25.7 Å². The number of nitrogens with zero attached hydrogens (tertiary/aromatic N) is 3. The van der Waals surface area contributed by atoms with Crippen LogP contribution in [0.5, 0.6) is 0 Å². The molecule has 0 aliphatic carbocycles. The molecule has 0 aliphatic rings. The SMILES string of the molecule is CC(C)NS(=O)(=O)c1ccc2c(c1)nnn2CCNC(=O)Nc1ccccc1Cl. The summed E-state index contributed by atoms with van der Waals surface area (Å²) in [5.74, 6) is 0. The molecule has 2 amide bonds. The van der Waals surface area contributed by atoms with Crippen molar-refractivity contribution < 1.29 is 13.2 Å². The number of hydrogen-bond donors (Lipinski definition) is 3. The lowest BCUT2D eigenvalue weighted by atomic mass is 10.3. The van der Waals surface area contributed by atoms with E-state index < -0.39 is 16.1 Å². The van der Waals surface area contributed by atoms with Crippen LogP contribution in [0.2, 0.25) is 5.02 Å². The summed E-state index contributed by atoms with van der Waals surface area (Å²) in [6, 6.07) is 11.0. The molecule has 0 radical (unpaired) electrons. The van der Waals surface area contributed by atoms with Crippen molar-refractivity contribution in [3.8, 4) is 0 Å². The molecule has 3 N–H and O–H groups in total. The number of anilines is 1. The summed E-state index contributed by atoms with van der Waals surface area (Å²) < 4.78 is 28.7. The maximum absolute atomic E-state index is 12.3. The Labute approximate surface area is 173 Å². The molecule has 11 heteroatoms. The highest BCUT2D eigenvalue weighted by atomic mass is 35.5. The first-order valence-corrected chi connectivity index (χ1v) is 10.8. The Morgan fingerprint density at radius 3 is 2.69 bits per heavy atom. The molecule has 3 aromatic rings. The second-order valence-corrected chi connectivity index (χ2v) is 8.72. The number of carbonyl (C=O) groups is 1. The Kier molecular flexibility index (Phi) is 6.36. The smallest absolute Gasteiger partial charge is 0.319 e. The Hall–Kier alpha value is -2.69. The molecule has 0 fully saturated rings. The lowest BCUT2D eigenvalue weighted by Crippen LogP contribution is -2.31. The van der Waals surface area contributed by atoms with Gasteiger partial charge in [0.2, 0.25) is 10.0 Å². The molecule has 0 aliphatic heterocycles. The molecule has 2 aromatic carbocycles. The van der Waals surface area contributed by atoms with Crippen molar-refractivity contribution in [2.24, 2.45) is 0 Å². The number of halogens is 1. The van der Waals surface area contributed by atoms with Gasteiger partial charge in [-0.1, -0.05) is 28.9 Å². The lowest BCUT2D eigenvalue weighted by molar-refractivity contribution is 0.251. The van der Waals surface area contributed by atoms with Gasteiger partial charge < -0.3 is 10.6 Å². The number of hydrogen-bond acceptors (Lipinski definition) is 5. The number of urea groups is 1. The molecule has 9 nitrogen and oxygen atoms in total. The van der Waals surface area contributed by atoms with Gasteiger partial charge in [-0.3, -0.25) is 0 Å². The highest BCUT2D eigenvalue weighted by molar-refractivity contribution is 7.89. The lowest BCUT2D eigenvalue weighted by Gasteiger charge is -2.10. The topological polar surface area (TPSA) is 118 Å². The molecule has 29 heavy (non-hydrogen) atoms. The van der Waals surface area contributed by atoms with Crippen LogP contribution in [-0.2, 0) is 16.6 Å². The minimum absolute atomic E-state index is 0.128. The van der Waals surface area contributed by atoms with Crippen LogP contribution in [0, 0.1) is 0 Å². The van der Waals surface area contributed by atoms with E-state index in [9.17, 15) is 13.2 Å². The van der Waals surface area contributed by atoms with Gasteiger partial charge in [0.25, 0.3) is 0 Å². The molecule has 3 rings (SSSR count). The van der Waals surface area contributed by atoms with Gasteiger partial charge in [-0.05, 0) is 44.2 Å². The van der Waals surface area contributed by atoms with E-state index in [0.29, 0.717) is 34.8 Å². The van der Waals surface area contributed by atoms with Gasteiger partial charge in [0.05, 0.1) is 27.7 Å². The van der Waals surface area contributed by atoms with Gasteiger partial charge in [-0.15, -0.1) is 5.10 Å². The fraction of sp³-hybridized carbons (Fsp3) is 0.278. The maximum Gasteiger partial charge on any atom is 0.319 e. The Bertz CT molecular complexity index is 1130. The maximum atomic E-state index is 12.3. The molecule has 0 saturated carbocycles. The van der Waals surface area contributed by atoms with Crippen LogP contribution >= 0.6 is 11.6 Å². The van der Waals surface area contributed by atoms with Crippen molar-refractivity contribution in [2.45, 2.75) is 31.3 Å². The molecule has 0 unspecified atom stereocenters. The van der Waals surface area contributed by atoms with Gasteiger partial charge in [-0.2, -0.15) is 0 Å². The van der Waals surface area contributed by atoms with Crippen LogP contribution < -0.4 is 15.4 Å². The van der Waals surface area contributed by atoms with E-state index >= 15 is 0 Å². The third-order valence-corrected chi connectivity index (χ3v) is 5.90. The van der Waals surface area contributed by atoms with Gasteiger partial charge in [0.15, 0.2) is 0 Å². The predicted molar refractivity (Wildman–Crippen MR) is 111 cm³/mol. The van der Waals surface area contributed by atoms with Crippen molar-refractivity contribution in [3.05, 3.63) is 47.5 Å². The van der Waals surface area contributed by atoms with E-state index in [4.69, 9.17) is 11.6 Å². The minimum atomic E-state index is -3.61. The number of aromatic nitrogens is 3. The van der Waals surface area contributed by atoms with Crippen LogP contribution in [0.15, 0.2) is 47.4 Å². The summed E-state index contributed by atoms with van der Waals surface area (Å²) >= 11 is 6.01. The summed E-state index contributed by atoms with van der Waals surface area (Å²) in [7, 11) is -3.61. The van der Waals surface area contributed by atoms with Crippen molar-refractivity contribution >= 4 is 44.4 Å². The Morgan fingerprint density at radius 2 is 1.97 bits per heavy atom. The first kappa shape index (κ1) is 21.0. The summed E-state index contributed by atoms with van der Waals surface area (Å²) in [4.78, 5) is 12.1. The highest BCUT2D eigenvalue weighted by Crippen LogP contribution is 2.20. The van der Waals surface area contributed by atoms with E-state index in [-0.39, 0.29) is 10.9 Å². The van der Waals surface area contributed by atoms with E-state index in [1.54, 1.807) is 48.9 Å². The van der Waals surface area contributed by atoms with Crippen molar-refractivity contribution in [1.82, 2.24) is 25.0 Å². The average molecular weight is 437 g/mol. The number of rotatable bonds is 7. The van der Waals surface area contributed by atoms with Crippen LogP contribution in [0.25, 0.3) is 11.0 Å². The molecule has 1 aromatic heterocycles. The predicted octanol–water partition coefficient (Wildman–Crippen LogP) is 2.59. The molecular formula is C18H21ClN6O3S. The number of nitrogens with one attached hydrogen (secondary N) is 3. The van der Waals surface area contributed by atoms with E-state index in [1.807, 2.05) is 0 Å². The standard InChI is InChI=1S/C18H21ClN6O3S/c1-12(2)23-29(27,28)13-7-8-17-16(11-13)22-24-25(17)10-9-20-18(26)21-15-6-4-3-5-14(15)19/h3-8,11-12,23H,9-10H2,1-2H3,(H2,20,21,26). The summed E-state index contributed by atoms with van der Waals surface area (Å²) in [5.41, 5.74) is 1.64. The number of para-hydroxylation sites is 1. The quantitative estimate of drug-likeness (QED) is 0.526. The number of sulfonamides is 1. The van der Waals surface area contributed by atoms with Crippen molar-refractivity contribution in [1.29, 1.82) is 0 Å². The fourth-order valence-corrected chi connectivity index (χ4v) is 4.12. The first-order valence-electron chi connectivity index (χ1n) is 8.91. The highest BCUT2D eigenvalue weighted by Gasteiger charge is 2.17. The van der Waals surface area contributed by atoms with Gasteiger partial charge in [-0.25, -0.2) is 22.6 Å². The second kappa shape index (κ2) is 8.76. The Morgan fingerprint density at radius 1 is 1.21 bits per heavy atom. The number of carbonyl (C=O) groups excluding carboxylic acids is 1. The minimum Gasteiger partial charge on any atom is -0.336 e. The number of amides is 2. The van der Waals surface area contributed by atoms with Crippen LogP contribution in [-0.4, -0.2) is 42.0 Å².